The number of carbonyl (C=O) groups is 1. The minimum Gasteiger partial charge on any atom is -0.382 e. The second-order valence-corrected chi connectivity index (χ2v) is 9.16. The van der Waals surface area contributed by atoms with Crippen molar-refractivity contribution < 1.29 is 9.53 Å². The van der Waals surface area contributed by atoms with Gasteiger partial charge in [0.25, 0.3) is 5.56 Å². The van der Waals surface area contributed by atoms with Crippen LogP contribution in [-0.2, 0) is 16.1 Å². The maximum atomic E-state index is 13.1. The zero-order valence-electron chi connectivity index (χ0n) is 17.9. The lowest BCUT2D eigenvalue weighted by molar-refractivity contribution is -0.134. The number of piperidine rings is 1. The first-order valence-corrected chi connectivity index (χ1v) is 12.0. The fourth-order valence-electron chi connectivity index (χ4n) is 4.06. The number of ether oxygens (including phenoxy) is 1. The lowest BCUT2D eigenvalue weighted by atomic mass is 9.98. The predicted octanol–water partition coefficient (Wildman–Crippen LogP) is 4.36. The molecule has 1 aromatic carbocycles. The quantitative estimate of drug-likeness (QED) is 0.339. The molecule has 30 heavy (non-hydrogen) atoms. The van der Waals surface area contributed by atoms with E-state index in [1.165, 1.54) is 11.8 Å². The van der Waals surface area contributed by atoms with Gasteiger partial charge in [-0.15, -0.1) is 0 Å². The minimum absolute atomic E-state index is 0.0982. The van der Waals surface area contributed by atoms with E-state index in [0.29, 0.717) is 47.3 Å². The van der Waals surface area contributed by atoms with Crippen molar-refractivity contribution in [3.8, 4) is 0 Å². The fourth-order valence-corrected chi connectivity index (χ4v) is 5.12. The minimum atomic E-state index is -0.108. The van der Waals surface area contributed by atoms with E-state index in [0.717, 1.165) is 19.3 Å². The van der Waals surface area contributed by atoms with Gasteiger partial charge in [0.1, 0.15) is 0 Å². The number of nitrogens with zero attached hydrogens (tertiary/aromatic N) is 3. The van der Waals surface area contributed by atoms with E-state index >= 15 is 0 Å². The van der Waals surface area contributed by atoms with Crippen LogP contribution >= 0.6 is 23.4 Å². The van der Waals surface area contributed by atoms with E-state index in [1.54, 1.807) is 22.8 Å². The molecule has 0 saturated carbocycles. The van der Waals surface area contributed by atoms with Gasteiger partial charge < -0.3 is 9.64 Å². The van der Waals surface area contributed by atoms with Crippen molar-refractivity contribution in [1.29, 1.82) is 0 Å². The zero-order chi connectivity index (χ0) is 21.7. The molecule has 0 bridgehead atoms. The number of amides is 1. The third kappa shape index (κ3) is 5.37. The molecule has 0 aliphatic carbocycles. The van der Waals surface area contributed by atoms with Crippen molar-refractivity contribution in [2.75, 3.05) is 19.0 Å². The Morgan fingerprint density at radius 2 is 2.03 bits per heavy atom. The maximum absolute atomic E-state index is 13.1. The summed E-state index contributed by atoms with van der Waals surface area (Å²) in [5.41, 5.74) is 0.450. The summed E-state index contributed by atoms with van der Waals surface area (Å²) in [7, 11) is 0. The zero-order valence-corrected chi connectivity index (χ0v) is 19.5. The number of carbonyl (C=O) groups excluding carboxylic acids is 1. The van der Waals surface area contributed by atoms with Crippen LogP contribution in [0.5, 0.6) is 0 Å². The molecule has 0 radical (unpaired) electrons. The molecule has 8 heteroatoms. The highest BCUT2D eigenvalue weighted by atomic mass is 35.5. The van der Waals surface area contributed by atoms with Gasteiger partial charge in [-0.05, 0) is 64.7 Å². The number of hydrogen-bond donors (Lipinski definition) is 0. The molecule has 1 aromatic heterocycles. The smallest absolute Gasteiger partial charge is 0.262 e. The van der Waals surface area contributed by atoms with Gasteiger partial charge >= 0.3 is 0 Å². The largest absolute Gasteiger partial charge is 0.382 e. The van der Waals surface area contributed by atoms with Gasteiger partial charge in [0.2, 0.25) is 5.91 Å². The molecular weight excluding hydrogens is 422 g/mol. The average molecular weight is 452 g/mol. The summed E-state index contributed by atoms with van der Waals surface area (Å²) in [4.78, 5) is 32.7. The lowest BCUT2D eigenvalue weighted by Gasteiger charge is -2.39. The highest BCUT2D eigenvalue weighted by Gasteiger charge is 2.29. The number of fused-ring (bicyclic) bond motifs is 1. The molecule has 1 saturated heterocycles. The van der Waals surface area contributed by atoms with Gasteiger partial charge in [-0.3, -0.25) is 14.2 Å². The van der Waals surface area contributed by atoms with E-state index in [9.17, 15) is 9.59 Å². The van der Waals surface area contributed by atoms with Crippen LogP contribution < -0.4 is 5.56 Å². The normalized spacial score (nSPS) is 19.4. The second-order valence-electron chi connectivity index (χ2n) is 7.78. The summed E-state index contributed by atoms with van der Waals surface area (Å²) in [6, 6.07) is 5.61. The lowest BCUT2D eigenvalue weighted by Crippen LogP contribution is -2.48. The Hall–Kier alpha value is -1.57. The molecule has 2 atom stereocenters. The molecule has 0 spiro atoms. The van der Waals surface area contributed by atoms with Crippen molar-refractivity contribution in [2.45, 2.75) is 70.2 Å². The fraction of sp³-hybridized carbons (Fsp3) is 0.591. The molecule has 2 unspecified atom stereocenters. The van der Waals surface area contributed by atoms with Crippen LogP contribution in [-0.4, -0.2) is 51.4 Å². The Bertz CT molecular complexity index is 939. The van der Waals surface area contributed by atoms with Gasteiger partial charge in [0, 0.05) is 36.9 Å². The molecule has 3 rings (SSSR count). The number of hydrogen-bond acceptors (Lipinski definition) is 5. The summed E-state index contributed by atoms with van der Waals surface area (Å²) in [6.45, 7) is 7.88. The van der Waals surface area contributed by atoms with Crippen LogP contribution in [0, 0.1) is 0 Å². The molecule has 1 aliphatic heterocycles. The van der Waals surface area contributed by atoms with Crippen LogP contribution in [0.3, 0.4) is 0 Å². The first-order valence-electron chi connectivity index (χ1n) is 10.6. The van der Waals surface area contributed by atoms with Crippen molar-refractivity contribution in [2.24, 2.45) is 0 Å². The van der Waals surface area contributed by atoms with Gasteiger partial charge in [-0.25, -0.2) is 4.98 Å². The van der Waals surface area contributed by atoms with Gasteiger partial charge in [-0.2, -0.15) is 0 Å². The van der Waals surface area contributed by atoms with Crippen LogP contribution in [0.15, 0.2) is 28.2 Å². The van der Waals surface area contributed by atoms with E-state index in [4.69, 9.17) is 16.3 Å². The Morgan fingerprint density at radius 1 is 1.30 bits per heavy atom. The molecule has 1 aliphatic rings. The van der Waals surface area contributed by atoms with Gasteiger partial charge in [0.15, 0.2) is 5.16 Å². The van der Waals surface area contributed by atoms with Crippen molar-refractivity contribution in [3.05, 3.63) is 33.6 Å². The third-order valence-electron chi connectivity index (χ3n) is 5.56. The number of thioether (sulfide) groups is 1. The molecule has 1 fully saturated rings. The summed E-state index contributed by atoms with van der Waals surface area (Å²) < 4.78 is 7.08. The van der Waals surface area contributed by atoms with Gasteiger partial charge in [0.05, 0.1) is 16.7 Å². The van der Waals surface area contributed by atoms with Crippen molar-refractivity contribution >= 4 is 40.2 Å². The highest BCUT2D eigenvalue weighted by Crippen LogP contribution is 2.26. The number of benzene rings is 1. The topological polar surface area (TPSA) is 64.4 Å². The number of likely N-dealkylation sites (tertiary alicyclic amines) is 1. The Balaban J connectivity index is 1.84. The second kappa shape index (κ2) is 10.6. The van der Waals surface area contributed by atoms with E-state index in [2.05, 4.69) is 18.8 Å². The SMILES string of the molecule is CCOCCCn1c(SCC(=O)N2C(C)CCCC2C)nc2cc(Cl)ccc2c1=O. The molecule has 2 aromatic rings. The molecule has 6 nitrogen and oxygen atoms in total. The highest BCUT2D eigenvalue weighted by molar-refractivity contribution is 7.99. The number of halogens is 1. The number of aromatic nitrogens is 2. The standard InChI is InChI=1S/C22H30ClN3O3S/c1-4-29-12-6-11-25-21(28)18-10-9-17(23)13-19(18)24-22(25)30-14-20(27)26-15(2)7-5-8-16(26)3/h9-10,13,15-16H,4-8,11-12,14H2,1-3H3. The Kier molecular flexibility index (Phi) is 8.20. The Morgan fingerprint density at radius 3 is 2.73 bits per heavy atom. The molecule has 0 N–H and O–H groups in total. The van der Waals surface area contributed by atoms with E-state index in [1.807, 2.05) is 11.8 Å². The first-order chi connectivity index (χ1) is 14.4. The van der Waals surface area contributed by atoms with Crippen LogP contribution in [0.2, 0.25) is 5.02 Å². The monoisotopic (exact) mass is 451 g/mol. The molecule has 1 amide bonds. The van der Waals surface area contributed by atoms with E-state index in [-0.39, 0.29) is 29.3 Å². The van der Waals surface area contributed by atoms with Crippen LogP contribution in [0.1, 0.15) is 46.5 Å². The van der Waals surface area contributed by atoms with Crippen molar-refractivity contribution in [1.82, 2.24) is 14.5 Å². The predicted molar refractivity (Wildman–Crippen MR) is 122 cm³/mol. The average Bonchev–Trinajstić information content (AvgIpc) is 2.70. The molecule has 2 heterocycles. The molecule has 164 valence electrons. The van der Waals surface area contributed by atoms with Crippen LogP contribution in [0.25, 0.3) is 10.9 Å². The summed E-state index contributed by atoms with van der Waals surface area (Å²) in [5, 5.41) is 1.62. The molecular formula is C22H30ClN3O3S. The third-order valence-corrected chi connectivity index (χ3v) is 6.76. The number of rotatable bonds is 8. The van der Waals surface area contributed by atoms with Crippen molar-refractivity contribution in [3.63, 3.8) is 0 Å². The van der Waals surface area contributed by atoms with Crippen LogP contribution in [0.4, 0.5) is 0 Å². The summed E-state index contributed by atoms with van der Waals surface area (Å²) in [6.07, 6.45) is 3.94. The Labute approximate surface area is 186 Å². The van der Waals surface area contributed by atoms with E-state index < -0.39 is 0 Å². The summed E-state index contributed by atoms with van der Waals surface area (Å²) >= 11 is 7.44. The summed E-state index contributed by atoms with van der Waals surface area (Å²) in [5.74, 6) is 0.361. The first kappa shape index (κ1) is 23.1. The van der Waals surface area contributed by atoms with Gasteiger partial charge in [-0.1, -0.05) is 23.4 Å². The maximum Gasteiger partial charge on any atom is 0.262 e.